The van der Waals surface area contributed by atoms with Gasteiger partial charge < -0.3 is 10.5 Å². The van der Waals surface area contributed by atoms with Crippen LogP contribution in [0.15, 0.2) is 42.5 Å². The lowest BCUT2D eigenvalue weighted by Crippen LogP contribution is -2.08. The van der Waals surface area contributed by atoms with Crippen molar-refractivity contribution >= 4 is 5.69 Å². The van der Waals surface area contributed by atoms with Gasteiger partial charge in [-0.1, -0.05) is 12.1 Å². The molecule has 0 bridgehead atoms. The van der Waals surface area contributed by atoms with Crippen LogP contribution in [-0.2, 0) is 6.61 Å². The van der Waals surface area contributed by atoms with Crippen LogP contribution < -0.4 is 10.5 Å². The molecule has 0 radical (unpaired) electrons. The first-order chi connectivity index (χ1) is 9.97. The van der Waals surface area contributed by atoms with Gasteiger partial charge in [0.15, 0.2) is 0 Å². The van der Waals surface area contributed by atoms with Gasteiger partial charge in [0, 0.05) is 23.7 Å². The van der Waals surface area contributed by atoms with Crippen molar-refractivity contribution in [3.63, 3.8) is 0 Å². The van der Waals surface area contributed by atoms with Crippen LogP contribution in [-0.4, -0.2) is 4.92 Å². The zero-order chi connectivity index (χ0) is 15.4. The molecule has 0 aliphatic carbocycles. The van der Waals surface area contributed by atoms with Crippen LogP contribution in [0.4, 0.5) is 5.69 Å². The van der Waals surface area contributed by atoms with Crippen molar-refractivity contribution in [2.75, 3.05) is 0 Å². The Balaban J connectivity index is 2.12. The lowest BCUT2D eigenvalue weighted by Gasteiger charge is -2.15. The molecule has 5 nitrogen and oxygen atoms in total. The minimum Gasteiger partial charge on any atom is -0.489 e. The normalized spacial score (nSPS) is 12.0. The molecule has 1 unspecified atom stereocenters. The summed E-state index contributed by atoms with van der Waals surface area (Å²) in [6, 6.07) is 12.1. The van der Waals surface area contributed by atoms with Gasteiger partial charge in [-0.15, -0.1) is 0 Å². The minimum absolute atomic E-state index is 0.0746. The first kappa shape index (κ1) is 15.0. The highest BCUT2D eigenvalue weighted by atomic mass is 16.6. The molecule has 2 N–H and O–H groups in total. The lowest BCUT2D eigenvalue weighted by atomic mass is 10.1. The summed E-state index contributed by atoms with van der Waals surface area (Å²) in [5.41, 5.74) is 8.92. The van der Waals surface area contributed by atoms with Crippen LogP contribution in [0.2, 0.25) is 0 Å². The Morgan fingerprint density at radius 2 is 1.90 bits per heavy atom. The number of hydrogen-bond donors (Lipinski definition) is 1. The molecule has 0 saturated carbocycles. The van der Waals surface area contributed by atoms with Crippen LogP contribution in [0.1, 0.15) is 29.7 Å². The first-order valence-corrected chi connectivity index (χ1v) is 6.69. The third-order valence-corrected chi connectivity index (χ3v) is 3.20. The highest BCUT2D eigenvalue weighted by Crippen LogP contribution is 2.26. The molecule has 0 spiro atoms. The third-order valence-electron chi connectivity index (χ3n) is 3.20. The van der Waals surface area contributed by atoms with Gasteiger partial charge in [-0.2, -0.15) is 0 Å². The zero-order valence-electron chi connectivity index (χ0n) is 12.1. The average molecular weight is 286 g/mol. The fourth-order valence-corrected chi connectivity index (χ4v) is 2.02. The molecule has 0 amide bonds. The summed E-state index contributed by atoms with van der Waals surface area (Å²) < 4.78 is 5.82. The van der Waals surface area contributed by atoms with E-state index in [-0.39, 0.29) is 11.7 Å². The number of rotatable bonds is 5. The van der Waals surface area contributed by atoms with Crippen molar-refractivity contribution in [3.8, 4) is 5.75 Å². The largest absolute Gasteiger partial charge is 0.489 e. The van der Waals surface area contributed by atoms with E-state index in [1.54, 1.807) is 12.1 Å². The molecule has 0 aromatic heterocycles. The van der Waals surface area contributed by atoms with E-state index in [4.69, 9.17) is 10.5 Å². The summed E-state index contributed by atoms with van der Waals surface area (Å²) in [5.74, 6) is 0.753. The standard InChI is InChI=1S/C16H18N2O3/c1-11-3-8-15(12(2)17)16(9-11)21-10-13-4-6-14(7-5-13)18(19)20/h3-9,12H,10,17H2,1-2H3. The summed E-state index contributed by atoms with van der Waals surface area (Å²) in [6.07, 6.45) is 0. The van der Waals surface area contributed by atoms with E-state index in [9.17, 15) is 10.1 Å². The van der Waals surface area contributed by atoms with E-state index in [1.165, 1.54) is 12.1 Å². The minimum atomic E-state index is -0.417. The number of nitro groups is 1. The summed E-state index contributed by atoms with van der Waals surface area (Å²) >= 11 is 0. The number of non-ortho nitro benzene ring substituents is 1. The Morgan fingerprint density at radius 1 is 1.24 bits per heavy atom. The summed E-state index contributed by atoms with van der Waals surface area (Å²) in [5, 5.41) is 10.6. The van der Waals surface area contributed by atoms with E-state index < -0.39 is 4.92 Å². The molecule has 2 rings (SSSR count). The van der Waals surface area contributed by atoms with Gasteiger partial charge >= 0.3 is 0 Å². The molecule has 1 atom stereocenters. The van der Waals surface area contributed by atoms with Gasteiger partial charge in [-0.3, -0.25) is 10.1 Å². The highest BCUT2D eigenvalue weighted by Gasteiger charge is 2.09. The second-order valence-electron chi connectivity index (χ2n) is 5.04. The van der Waals surface area contributed by atoms with Crippen molar-refractivity contribution in [3.05, 3.63) is 69.3 Å². The maximum Gasteiger partial charge on any atom is 0.269 e. The van der Waals surface area contributed by atoms with Gasteiger partial charge in [0.2, 0.25) is 0 Å². The van der Waals surface area contributed by atoms with E-state index in [0.717, 1.165) is 22.4 Å². The first-order valence-electron chi connectivity index (χ1n) is 6.69. The van der Waals surface area contributed by atoms with E-state index in [2.05, 4.69) is 0 Å². The second-order valence-corrected chi connectivity index (χ2v) is 5.04. The second kappa shape index (κ2) is 6.37. The molecular weight excluding hydrogens is 268 g/mol. The number of nitrogens with two attached hydrogens (primary N) is 1. The quantitative estimate of drug-likeness (QED) is 0.674. The Bertz CT molecular complexity index is 636. The molecule has 0 saturated heterocycles. The summed E-state index contributed by atoms with van der Waals surface area (Å²) in [7, 11) is 0. The Morgan fingerprint density at radius 3 is 2.48 bits per heavy atom. The number of nitro benzene ring substituents is 1. The van der Waals surface area contributed by atoms with Crippen LogP contribution in [0.5, 0.6) is 5.75 Å². The predicted octanol–water partition coefficient (Wildman–Crippen LogP) is 3.50. The molecule has 2 aromatic rings. The van der Waals surface area contributed by atoms with Gasteiger partial charge in [0.05, 0.1) is 4.92 Å². The van der Waals surface area contributed by atoms with Crippen LogP contribution in [0.25, 0.3) is 0 Å². The summed E-state index contributed by atoms with van der Waals surface area (Å²) in [4.78, 5) is 10.2. The molecule has 0 fully saturated rings. The van der Waals surface area contributed by atoms with Crippen LogP contribution >= 0.6 is 0 Å². The van der Waals surface area contributed by atoms with Crippen molar-refractivity contribution in [1.29, 1.82) is 0 Å². The highest BCUT2D eigenvalue weighted by molar-refractivity contribution is 5.39. The summed E-state index contributed by atoms with van der Waals surface area (Å²) in [6.45, 7) is 4.24. The van der Waals surface area contributed by atoms with Gasteiger partial charge in [-0.25, -0.2) is 0 Å². The van der Waals surface area contributed by atoms with Gasteiger partial charge in [0.1, 0.15) is 12.4 Å². The molecule has 0 aliphatic heterocycles. The average Bonchev–Trinajstić information content (AvgIpc) is 2.45. The molecule has 21 heavy (non-hydrogen) atoms. The molecule has 5 heteroatoms. The Labute approximate surface area is 123 Å². The smallest absolute Gasteiger partial charge is 0.269 e. The van der Waals surface area contributed by atoms with Crippen molar-refractivity contribution in [2.24, 2.45) is 5.73 Å². The van der Waals surface area contributed by atoms with Crippen LogP contribution in [0, 0.1) is 17.0 Å². The van der Waals surface area contributed by atoms with Crippen molar-refractivity contribution in [1.82, 2.24) is 0 Å². The molecule has 110 valence electrons. The molecule has 0 aliphatic rings. The number of ether oxygens (including phenoxy) is 1. The maximum atomic E-state index is 10.6. The molecule has 2 aromatic carbocycles. The zero-order valence-corrected chi connectivity index (χ0v) is 12.1. The van der Waals surface area contributed by atoms with Crippen LogP contribution in [0.3, 0.4) is 0 Å². The SMILES string of the molecule is Cc1ccc(C(C)N)c(OCc2ccc([N+](=O)[O-])cc2)c1. The monoisotopic (exact) mass is 286 g/mol. The molecule has 0 heterocycles. The lowest BCUT2D eigenvalue weighted by molar-refractivity contribution is -0.384. The predicted molar refractivity (Wildman–Crippen MR) is 81.2 cm³/mol. The maximum absolute atomic E-state index is 10.6. The fraction of sp³-hybridized carbons (Fsp3) is 0.250. The fourth-order valence-electron chi connectivity index (χ4n) is 2.02. The molecular formula is C16H18N2O3. The van der Waals surface area contributed by atoms with E-state index in [1.807, 2.05) is 32.0 Å². The number of nitrogens with zero attached hydrogens (tertiary/aromatic N) is 1. The third kappa shape index (κ3) is 3.79. The van der Waals surface area contributed by atoms with Gasteiger partial charge in [-0.05, 0) is 43.2 Å². The number of benzene rings is 2. The van der Waals surface area contributed by atoms with Crippen molar-refractivity contribution < 1.29 is 9.66 Å². The Kier molecular flexibility index (Phi) is 4.55. The van der Waals surface area contributed by atoms with E-state index in [0.29, 0.717) is 6.61 Å². The van der Waals surface area contributed by atoms with E-state index >= 15 is 0 Å². The number of aryl methyl sites for hydroxylation is 1. The van der Waals surface area contributed by atoms with Crippen molar-refractivity contribution in [2.45, 2.75) is 26.5 Å². The Hall–Kier alpha value is -2.40. The number of hydrogen-bond acceptors (Lipinski definition) is 4. The topological polar surface area (TPSA) is 78.4 Å². The van der Waals surface area contributed by atoms with Gasteiger partial charge in [0.25, 0.3) is 5.69 Å².